The van der Waals surface area contributed by atoms with Gasteiger partial charge in [-0.25, -0.2) is 0 Å². The molecule has 0 aliphatic carbocycles. The van der Waals surface area contributed by atoms with Crippen molar-refractivity contribution in [3.05, 3.63) is 46.8 Å². The molecule has 2 rings (SSSR count). The molecule has 1 heterocycles. The van der Waals surface area contributed by atoms with Crippen LogP contribution < -0.4 is 11.1 Å². The van der Waals surface area contributed by atoms with Crippen LogP contribution in [0.5, 0.6) is 0 Å². The van der Waals surface area contributed by atoms with Crippen molar-refractivity contribution in [1.82, 2.24) is 5.16 Å². The molecule has 0 radical (unpaired) electrons. The van der Waals surface area contributed by atoms with Crippen molar-refractivity contribution >= 4 is 17.3 Å². The van der Waals surface area contributed by atoms with Crippen molar-refractivity contribution in [2.75, 3.05) is 18.4 Å². The van der Waals surface area contributed by atoms with Crippen molar-refractivity contribution in [3.63, 3.8) is 0 Å². The standard InChI is InChI=1S/C13H16ClN3O/c14-11-4-2-10(3-5-11)8-13-12(9-17-18-13)16-7-1-6-15/h2-5,9,16H,1,6-8,15H2. The predicted octanol–water partition coefficient (Wildman–Crippen LogP) is 2.68. The third-order valence-corrected chi connectivity index (χ3v) is 2.87. The zero-order chi connectivity index (χ0) is 12.8. The first-order valence-corrected chi connectivity index (χ1v) is 6.29. The van der Waals surface area contributed by atoms with E-state index in [1.165, 1.54) is 0 Å². The van der Waals surface area contributed by atoms with Gasteiger partial charge in [-0.3, -0.25) is 0 Å². The molecule has 0 saturated carbocycles. The summed E-state index contributed by atoms with van der Waals surface area (Å²) in [6, 6.07) is 7.70. The summed E-state index contributed by atoms with van der Waals surface area (Å²) >= 11 is 5.85. The van der Waals surface area contributed by atoms with Gasteiger partial charge < -0.3 is 15.6 Å². The maximum absolute atomic E-state index is 5.85. The Hall–Kier alpha value is -1.52. The van der Waals surface area contributed by atoms with E-state index in [1.54, 1.807) is 6.20 Å². The summed E-state index contributed by atoms with van der Waals surface area (Å²) in [5.74, 6) is 0.828. The van der Waals surface area contributed by atoms with Crippen LogP contribution in [-0.2, 0) is 6.42 Å². The maximum Gasteiger partial charge on any atom is 0.164 e. The molecule has 3 N–H and O–H groups in total. The highest BCUT2D eigenvalue weighted by Gasteiger charge is 2.08. The van der Waals surface area contributed by atoms with Gasteiger partial charge in [0.2, 0.25) is 0 Å². The second kappa shape index (κ2) is 6.42. The lowest BCUT2D eigenvalue weighted by Crippen LogP contribution is -2.08. The first-order chi connectivity index (χ1) is 8.79. The number of nitrogens with one attached hydrogen (secondary N) is 1. The molecule has 0 saturated heterocycles. The third kappa shape index (κ3) is 3.48. The van der Waals surface area contributed by atoms with Gasteiger partial charge in [0.25, 0.3) is 0 Å². The summed E-state index contributed by atoms with van der Waals surface area (Å²) in [5.41, 5.74) is 7.52. The number of anilines is 1. The Kier molecular flexibility index (Phi) is 4.61. The van der Waals surface area contributed by atoms with Crippen LogP contribution in [0.4, 0.5) is 5.69 Å². The Morgan fingerprint density at radius 1 is 1.28 bits per heavy atom. The van der Waals surface area contributed by atoms with Crippen LogP contribution in [0.25, 0.3) is 0 Å². The molecule has 1 aromatic heterocycles. The first-order valence-electron chi connectivity index (χ1n) is 5.91. The quantitative estimate of drug-likeness (QED) is 0.788. The lowest BCUT2D eigenvalue weighted by molar-refractivity contribution is 0.390. The summed E-state index contributed by atoms with van der Waals surface area (Å²) in [7, 11) is 0. The fraction of sp³-hybridized carbons (Fsp3) is 0.308. The molecule has 0 unspecified atom stereocenters. The normalized spacial score (nSPS) is 10.6. The summed E-state index contributed by atoms with van der Waals surface area (Å²) < 4.78 is 5.25. The Morgan fingerprint density at radius 3 is 2.78 bits per heavy atom. The molecule has 4 nitrogen and oxygen atoms in total. The highest BCUT2D eigenvalue weighted by molar-refractivity contribution is 6.30. The van der Waals surface area contributed by atoms with Crippen LogP contribution in [-0.4, -0.2) is 18.2 Å². The van der Waals surface area contributed by atoms with E-state index in [4.69, 9.17) is 21.9 Å². The highest BCUT2D eigenvalue weighted by Crippen LogP contribution is 2.19. The fourth-order valence-corrected chi connectivity index (χ4v) is 1.77. The zero-order valence-electron chi connectivity index (χ0n) is 10.0. The van der Waals surface area contributed by atoms with Crippen LogP contribution >= 0.6 is 11.6 Å². The minimum atomic E-state index is 0.671. The molecule has 1 aromatic carbocycles. The van der Waals surface area contributed by atoms with Gasteiger partial charge >= 0.3 is 0 Å². The maximum atomic E-state index is 5.85. The minimum Gasteiger partial charge on any atom is -0.381 e. The van der Waals surface area contributed by atoms with Crippen LogP contribution in [0.3, 0.4) is 0 Å². The Balaban J connectivity index is 2.00. The number of nitrogens with two attached hydrogens (primary N) is 1. The highest BCUT2D eigenvalue weighted by atomic mass is 35.5. The van der Waals surface area contributed by atoms with Gasteiger partial charge in [0, 0.05) is 18.0 Å². The molecule has 5 heteroatoms. The van der Waals surface area contributed by atoms with Crippen LogP contribution in [0.15, 0.2) is 35.0 Å². The monoisotopic (exact) mass is 265 g/mol. The van der Waals surface area contributed by atoms with E-state index in [0.29, 0.717) is 13.0 Å². The van der Waals surface area contributed by atoms with E-state index in [1.807, 2.05) is 24.3 Å². The van der Waals surface area contributed by atoms with Gasteiger partial charge in [-0.2, -0.15) is 0 Å². The van der Waals surface area contributed by atoms with Crippen molar-refractivity contribution in [3.8, 4) is 0 Å². The lowest BCUT2D eigenvalue weighted by Gasteiger charge is -2.04. The van der Waals surface area contributed by atoms with Gasteiger partial charge in [0.1, 0.15) is 0 Å². The van der Waals surface area contributed by atoms with Gasteiger partial charge in [-0.05, 0) is 30.7 Å². The third-order valence-electron chi connectivity index (χ3n) is 2.62. The number of halogens is 1. The number of benzene rings is 1. The smallest absolute Gasteiger partial charge is 0.164 e. The molecule has 0 atom stereocenters. The second-order valence-corrected chi connectivity index (χ2v) is 4.47. The molecule has 96 valence electrons. The van der Waals surface area contributed by atoms with E-state index in [2.05, 4.69) is 10.5 Å². The number of rotatable bonds is 6. The molecule has 0 aliphatic rings. The van der Waals surface area contributed by atoms with E-state index < -0.39 is 0 Å². The molecule has 18 heavy (non-hydrogen) atoms. The van der Waals surface area contributed by atoms with Gasteiger partial charge in [0.05, 0.1) is 11.9 Å². The Morgan fingerprint density at radius 2 is 2.06 bits per heavy atom. The van der Waals surface area contributed by atoms with Crippen molar-refractivity contribution in [2.24, 2.45) is 5.73 Å². The molecule has 0 fully saturated rings. The average molecular weight is 266 g/mol. The topological polar surface area (TPSA) is 64.1 Å². The zero-order valence-corrected chi connectivity index (χ0v) is 10.8. The van der Waals surface area contributed by atoms with Crippen molar-refractivity contribution in [1.29, 1.82) is 0 Å². The molecule has 0 spiro atoms. The minimum absolute atomic E-state index is 0.671. The molecular weight excluding hydrogens is 250 g/mol. The van der Waals surface area contributed by atoms with Crippen LogP contribution in [0.2, 0.25) is 5.02 Å². The lowest BCUT2D eigenvalue weighted by atomic mass is 10.1. The van der Waals surface area contributed by atoms with Crippen LogP contribution in [0.1, 0.15) is 17.7 Å². The van der Waals surface area contributed by atoms with E-state index in [9.17, 15) is 0 Å². The number of hydrogen-bond donors (Lipinski definition) is 2. The van der Waals surface area contributed by atoms with Crippen molar-refractivity contribution in [2.45, 2.75) is 12.8 Å². The Bertz CT molecular complexity index is 481. The largest absolute Gasteiger partial charge is 0.381 e. The van der Waals surface area contributed by atoms with E-state index >= 15 is 0 Å². The Labute approximate surface area is 111 Å². The summed E-state index contributed by atoms with van der Waals surface area (Å²) in [5, 5.41) is 7.82. The number of nitrogens with zero attached hydrogens (tertiary/aromatic N) is 1. The van der Waals surface area contributed by atoms with Gasteiger partial charge in [-0.1, -0.05) is 28.9 Å². The predicted molar refractivity (Wildman–Crippen MR) is 72.9 cm³/mol. The molecule has 2 aromatic rings. The molecule has 0 amide bonds. The molecule has 0 aliphatic heterocycles. The number of aromatic nitrogens is 1. The number of hydrogen-bond acceptors (Lipinski definition) is 4. The van der Waals surface area contributed by atoms with Gasteiger partial charge in [0.15, 0.2) is 5.76 Å². The second-order valence-electron chi connectivity index (χ2n) is 4.03. The molecule has 0 bridgehead atoms. The average Bonchev–Trinajstić information content (AvgIpc) is 2.80. The van der Waals surface area contributed by atoms with Gasteiger partial charge in [-0.15, -0.1) is 0 Å². The summed E-state index contributed by atoms with van der Waals surface area (Å²) in [4.78, 5) is 0. The summed E-state index contributed by atoms with van der Waals surface area (Å²) in [6.45, 7) is 1.50. The fourth-order valence-electron chi connectivity index (χ4n) is 1.65. The van der Waals surface area contributed by atoms with Crippen molar-refractivity contribution < 1.29 is 4.52 Å². The van der Waals surface area contributed by atoms with E-state index in [0.717, 1.165) is 35.0 Å². The molecular formula is C13H16ClN3O. The van der Waals surface area contributed by atoms with Crippen LogP contribution in [0, 0.1) is 0 Å². The summed E-state index contributed by atoms with van der Waals surface area (Å²) in [6.07, 6.45) is 3.31. The SMILES string of the molecule is NCCCNc1cnoc1Cc1ccc(Cl)cc1. The van der Waals surface area contributed by atoms with E-state index in [-0.39, 0.29) is 0 Å². The first kappa shape index (κ1) is 12.9.